The Labute approximate surface area is 172 Å². The van der Waals surface area contributed by atoms with Crippen LogP contribution in [0.15, 0.2) is 72.8 Å². The summed E-state index contributed by atoms with van der Waals surface area (Å²) in [5.74, 6) is 0.769. The van der Waals surface area contributed by atoms with Crippen molar-refractivity contribution in [2.45, 2.75) is 6.61 Å². The highest BCUT2D eigenvalue weighted by atomic mass is 35.5. The summed E-state index contributed by atoms with van der Waals surface area (Å²) >= 11 is 7.42. The predicted octanol–water partition coefficient (Wildman–Crippen LogP) is 6.59. The minimum atomic E-state index is 0.474. The predicted molar refractivity (Wildman–Crippen MR) is 115 cm³/mol. The average Bonchev–Trinajstić information content (AvgIpc) is 3.16. The van der Waals surface area contributed by atoms with Gasteiger partial charge in [0.2, 0.25) is 0 Å². The molecule has 136 valence electrons. The Balaban J connectivity index is 1.49. The minimum absolute atomic E-state index is 0.474. The van der Waals surface area contributed by atoms with Crippen LogP contribution in [0, 0.1) is 11.3 Å². The smallest absolute Gasteiger partial charge is 0.135 e. The topological polar surface area (TPSA) is 45.9 Å². The monoisotopic (exact) mass is 402 g/mol. The number of halogens is 1. The fourth-order valence-corrected chi connectivity index (χ4v) is 3.76. The molecule has 0 radical (unpaired) electrons. The Morgan fingerprint density at radius 1 is 1.04 bits per heavy atom. The molecule has 0 bridgehead atoms. The van der Waals surface area contributed by atoms with Gasteiger partial charge in [0.15, 0.2) is 0 Å². The minimum Gasteiger partial charge on any atom is -0.489 e. The number of aromatic nitrogens is 1. The van der Waals surface area contributed by atoms with Gasteiger partial charge in [-0.05, 0) is 53.6 Å². The van der Waals surface area contributed by atoms with Gasteiger partial charge in [-0.25, -0.2) is 4.98 Å². The van der Waals surface area contributed by atoms with Crippen molar-refractivity contribution in [3.8, 4) is 11.8 Å². The van der Waals surface area contributed by atoms with Crippen molar-refractivity contribution in [1.82, 2.24) is 4.98 Å². The van der Waals surface area contributed by atoms with Crippen LogP contribution in [-0.2, 0) is 6.61 Å². The number of benzene rings is 3. The fraction of sp³-hybridized carbons (Fsp3) is 0.0435. The van der Waals surface area contributed by atoms with E-state index in [1.165, 1.54) is 11.3 Å². The molecule has 1 aromatic heterocycles. The van der Waals surface area contributed by atoms with Gasteiger partial charge in [-0.2, -0.15) is 5.26 Å². The molecule has 0 atom stereocenters. The van der Waals surface area contributed by atoms with Crippen LogP contribution in [-0.4, -0.2) is 4.98 Å². The standard InChI is InChI=1S/C23H15ClN2OS/c24-19-9-5-17(6-10-19)15-27-20-11-7-16(8-12-20)13-18(14-25)23-26-21-3-1-2-4-22(21)28-23/h1-13H,15H2/b18-13+. The molecule has 1 heterocycles. The molecule has 0 unspecified atom stereocenters. The van der Waals surface area contributed by atoms with E-state index in [-0.39, 0.29) is 0 Å². The lowest BCUT2D eigenvalue weighted by Crippen LogP contribution is -1.94. The highest BCUT2D eigenvalue weighted by Crippen LogP contribution is 2.28. The van der Waals surface area contributed by atoms with Crippen LogP contribution in [0.4, 0.5) is 0 Å². The molecule has 28 heavy (non-hydrogen) atoms. The summed E-state index contributed by atoms with van der Waals surface area (Å²) in [6, 6.07) is 25.4. The molecule has 0 aliphatic rings. The molecular weight excluding hydrogens is 388 g/mol. The summed E-state index contributed by atoms with van der Waals surface area (Å²) in [7, 11) is 0. The molecule has 0 aliphatic heterocycles. The third-order valence-electron chi connectivity index (χ3n) is 4.15. The number of nitrogens with zero attached hydrogens (tertiary/aromatic N) is 2. The molecule has 0 saturated heterocycles. The summed E-state index contributed by atoms with van der Waals surface area (Å²) in [6.07, 6.45) is 1.85. The molecule has 0 aliphatic carbocycles. The van der Waals surface area contributed by atoms with Crippen molar-refractivity contribution < 1.29 is 4.74 Å². The first-order valence-corrected chi connectivity index (χ1v) is 9.86. The van der Waals surface area contributed by atoms with Gasteiger partial charge in [0.1, 0.15) is 23.4 Å². The van der Waals surface area contributed by atoms with Gasteiger partial charge < -0.3 is 4.74 Å². The highest BCUT2D eigenvalue weighted by Gasteiger charge is 2.08. The van der Waals surface area contributed by atoms with Gasteiger partial charge in [-0.15, -0.1) is 11.3 Å². The Morgan fingerprint density at radius 2 is 1.79 bits per heavy atom. The van der Waals surface area contributed by atoms with Crippen molar-refractivity contribution in [2.75, 3.05) is 0 Å². The van der Waals surface area contributed by atoms with E-state index in [0.717, 1.165) is 32.1 Å². The third kappa shape index (κ3) is 4.23. The number of thiazole rings is 1. The SMILES string of the molecule is N#C/C(=C\c1ccc(OCc2ccc(Cl)cc2)cc1)c1nc2ccccc2s1. The van der Waals surface area contributed by atoms with E-state index in [0.29, 0.717) is 17.2 Å². The number of hydrogen-bond acceptors (Lipinski definition) is 4. The van der Waals surface area contributed by atoms with Crippen molar-refractivity contribution >= 4 is 44.8 Å². The van der Waals surface area contributed by atoms with E-state index in [9.17, 15) is 5.26 Å². The summed E-state index contributed by atoms with van der Waals surface area (Å²) in [5, 5.41) is 11.0. The molecule has 0 fully saturated rings. The number of nitriles is 1. The molecule has 5 heteroatoms. The maximum Gasteiger partial charge on any atom is 0.135 e. The lowest BCUT2D eigenvalue weighted by atomic mass is 10.1. The second-order valence-electron chi connectivity index (χ2n) is 6.14. The second-order valence-corrected chi connectivity index (χ2v) is 7.61. The molecular formula is C23H15ClN2OS. The van der Waals surface area contributed by atoms with Gasteiger partial charge in [0.05, 0.1) is 15.8 Å². The van der Waals surface area contributed by atoms with E-state index in [4.69, 9.17) is 16.3 Å². The summed E-state index contributed by atoms with van der Waals surface area (Å²) < 4.78 is 6.88. The van der Waals surface area contributed by atoms with Crippen molar-refractivity contribution in [3.63, 3.8) is 0 Å². The average molecular weight is 403 g/mol. The van der Waals surface area contributed by atoms with Crippen LogP contribution >= 0.6 is 22.9 Å². The van der Waals surface area contributed by atoms with E-state index in [1.54, 1.807) is 0 Å². The summed E-state index contributed by atoms with van der Waals surface area (Å²) in [5.41, 5.74) is 3.44. The number of allylic oxidation sites excluding steroid dienone is 1. The van der Waals surface area contributed by atoms with Gasteiger partial charge in [0, 0.05) is 5.02 Å². The van der Waals surface area contributed by atoms with Gasteiger partial charge in [0.25, 0.3) is 0 Å². The highest BCUT2D eigenvalue weighted by molar-refractivity contribution is 7.19. The Bertz CT molecular complexity index is 1140. The molecule has 0 spiro atoms. The Morgan fingerprint density at radius 3 is 2.50 bits per heavy atom. The third-order valence-corrected chi connectivity index (χ3v) is 5.48. The zero-order valence-corrected chi connectivity index (χ0v) is 16.4. The van der Waals surface area contributed by atoms with Gasteiger partial charge in [-0.1, -0.05) is 48.0 Å². The van der Waals surface area contributed by atoms with Crippen molar-refractivity contribution in [1.29, 1.82) is 5.26 Å². The van der Waals surface area contributed by atoms with Crippen molar-refractivity contribution in [2.24, 2.45) is 0 Å². The maximum atomic E-state index is 9.56. The number of rotatable bonds is 5. The second kappa shape index (κ2) is 8.26. The van der Waals surface area contributed by atoms with Crippen LogP contribution in [0.2, 0.25) is 5.02 Å². The van der Waals surface area contributed by atoms with Crippen LogP contribution in [0.1, 0.15) is 16.1 Å². The van der Waals surface area contributed by atoms with Crippen LogP contribution < -0.4 is 4.74 Å². The number of para-hydroxylation sites is 1. The largest absolute Gasteiger partial charge is 0.489 e. The van der Waals surface area contributed by atoms with Gasteiger partial charge in [-0.3, -0.25) is 0 Å². The zero-order valence-electron chi connectivity index (χ0n) is 14.8. The first-order valence-electron chi connectivity index (χ1n) is 8.66. The molecule has 0 N–H and O–H groups in total. The molecule has 4 aromatic rings. The molecule has 3 nitrogen and oxygen atoms in total. The van der Waals surface area contributed by atoms with Crippen molar-refractivity contribution in [3.05, 3.63) is 94.0 Å². The lowest BCUT2D eigenvalue weighted by Gasteiger charge is -2.06. The quantitative estimate of drug-likeness (QED) is 0.353. The normalized spacial score (nSPS) is 11.4. The van der Waals surface area contributed by atoms with E-state index in [2.05, 4.69) is 11.1 Å². The first kappa shape index (κ1) is 18.2. The fourth-order valence-electron chi connectivity index (χ4n) is 2.70. The lowest BCUT2D eigenvalue weighted by molar-refractivity contribution is 0.306. The molecule has 0 amide bonds. The first-order chi connectivity index (χ1) is 13.7. The van der Waals surface area contributed by atoms with Crippen LogP contribution in [0.25, 0.3) is 21.9 Å². The Hall–Kier alpha value is -3.13. The zero-order chi connectivity index (χ0) is 19.3. The number of fused-ring (bicyclic) bond motifs is 1. The van der Waals surface area contributed by atoms with E-state index >= 15 is 0 Å². The van der Waals surface area contributed by atoms with E-state index < -0.39 is 0 Å². The van der Waals surface area contributed by atoms with Gasteiger partial charge >= 0.3 is 0 Å². The maximum absolute atomic E-state index is 9.56. The van der Waals surface area contributed by atoms with Crippen LogP contribution in [0.3, 0.4) is 0 Å². The summed E-state index contributed by atoms with van der Waals surface area (Å²) in [4.78, 5) is 4.56. The van der Waals surface area contributed by atoms with E-state index in [1.807, 2.05) is 78.9 Å². The molecule has 3 aromatic carbocycles. The number of ether oxygens (including phenoxy) is 1. The number of hydrogen-bond donors (Lipinski definition) is 0. The van der Waals surface area contributed by atoms with Crippen LogP contribution in [0.5, 0.6) is 5.75 Å². The summed E-state index contributed by atoms with van der Waals surface area (Å²) in [6.45, 7) is 0.474. The Kier molecular flexibility index (Phi) is 5.38. The molecule has 4 rings (SSSR count). The molecule has 0 saturated carbocycles.